The second-order valence-corrected chi connectivity index (χ2v) is 5.15. The first-order valence-corrected chi connectivity index (χ1v) is 7.10. The fourth-order valence-electron chi connectivity index (χ4n) is 2.71. The molecule has 1 saturated carbocycles. The molecule has 0 atom stereocenters. The van der Waals surface area contributed by atoms with E-state index in [9.17, 15) is 0 Å². The zero-order valence-corrected chi connectivity index (χ0v) is 11.4. The minimum Gasteiger partial charge on any atom is -0.383 e. The molecular formula is C14H25N3O. The van der Waals surface area contributed by atoms with Crippen LogP contribution in [0, 0.1) is 5.92 Å². The van der Waals surface area contributed by atoms with Gasteiger partial charge in [0.05, 0.1) is 12.3 Å². The van der Waals surface area contributed by atoms with Crippen LogP contribution in [0.3, 0.4) is 0 Å². The number of hydrogen-bond acceptors (Lipinski definition) is 3. The Bertz CT molecular complexity index is 332. The Kier molecular flexibility index (Phi) is 5.68. The molecule has 1 aromatic heterocycles. The number of nitrogens with one attached hydrogen (secondary N) is 1. The highest BCUT2D eigenvalue weighted by atomic mass is 16.5. The summed E-state index contributed by atoms with van der Waals surface area (Å²) in [6.07, 6.45) is 8.88. The number of methoxy groups -OCH3 is 1. The van der Waals surface area contributed by atoms with Crippen LogP contribution in [0.15, 0.2) is 12.3 Å². The molecule has 18 heavy (non-hydrogen) atoms. The molecule has 1 aliphatic rings. The third kappa shape index (κ3) is 4.10. The lowest BCUT2D eigenvalue weighted by atomic mass is 10.0. The van der Waals surface area contributed by atoms with E-state index in [2.05, 4.69) is 21.2 Å². The lowest BCUT2D eigenvalue weighted by molar-refractivity contribution is 0.199. The number of ether oxygens (including phenoxy) is 1. The number of aromatic nitrogens is 2. The Morgan fingerprint density at radius 1 is 1.44 bits per heavy atom. The predicted molar refractivity (Wildman–Crippen MR) is 72.4 cm³/mol. The van der Waals surface area contributed by atoms with Gasteiger partial charge in [-0.2, -0.15) is 5.10 Å². The van der Waals surface area contributed by atoms with Gasteiger partial charge in [-0.05, 0) is 18.4 Å². The van der Waals surface area contributed by atoms with Gasteiger partial charge < -0.3 is 10.1 Å². The Morgan fingerprint density at radius 3 is 3.06 bits per heavy atom. The summed E-state index contributed by atoms with van der Waals surface area (Å²) in [6, 6.07) is 2.11. The lowest BCUT2D eigenvalue weighted by Crippen LogP contribution is -2.21. The Morgan fingerprint density at radius 2 is 2.28 bits per heavy atom. The Labute approximate surface area is 110 Å². The van der Waals surface area contributed by atoms with Crippen molar-refractivity contribution in [1.29, 1.82) is 0 Å². The lowest BCUT2D eigenvalue weighted by Gasteiger charge is -2.11. The minimum atomic E-state index is 0.760. The summed E-state index contributed by atoms with van der Waals surface area (Å²) < 4.78 is 7.17. The summed E-state index contributed by atoms with van der Waals surface area (Å²) in [5.74, 6) is 0.934. The summed E-state index contributed by atoms with van der Waals surface area (Å²) in [7, 11) is 1.73. The molecule has 0 spiro atoms. The molecule has 2 rings (SSSR count). The van der Waals surface area contributed by atoms with Gasteiger partial charge in [0.2, 0.25) is 0 Å². The van der Waals surface area contributed by atoms with Crippen LogP contribution in [0.25, 0.3) is 0 Å². The number of hydrogen-bond donors (Lipinski definition) is 1. The topological polar surface area (TPSA) is 39.1 Å². The molecule has 0 radical (unpaired) electrons. The maximum atomic E-state index is 5.02. The van der Waals surface area contributed by atoms with Gasteiger partial charge in [0.15, 0.2) is 0 Å². The van der Waals surface area contributed by atoms with Crippen molar-refractivity contribution < 1.29 is 4.74 Å². The van der Waals surface area contributed by atoms with E-state index in [0.717, 1.165) is 32.2 Å². The average molecular weight is 251 g/mol. The van der Waals surface area contributed by atoms with E-state index in [1.807, 2.05) is 6.20 Å². The van der Waals surface area contributed by atoms with Crippen LogP contribution in [0.5, 0.6) is 0 Å². The first-order chi connectivity index (χ1) is 8.90. The second-order valence-electron chi connectivity index (χ2n) is 5.15. The van der Waals surface area contributed by atoms with Crippen LogP contribution in [0.4, 0.5) is 0 Å². The van der Waals surface area contributed by atoms with Gasteiger partial charge in [-0.1, -0.05) is 25.7 Å². The molecule has 0 saturated heterocycles. The SMILES string of the molecule is COCCNCc1ccnn1CCC1CCCC1. The molecule has 0 aromatic carbocycles. The van der Waals surface area contributed by atoms with Crippen LogP contribution in [0.2, 0.25) is 0 Å². The Balaban J connectivity index is 1.72. The summed E-state index contributed by atoms with van der Waals surface area (Å²) >= 11 is 0. The van der Waals surface area contributed by atoms with Gasteiger partial charge in [0, 0.05) is 32.9 Å². The average Bonchev–Trinajstić information content (AvgIpc) is 3.03. The quantitative estimate of drug-likeness (QED) is 0.720. The molecule has 4 nitrogen and oxygen atoms in total. The standard InChI is InChI=1S/C14H25N3O/c1-18-11-9-15-12-14-6-8-16-17(14)10-7-13-4-2-3-5-13/h6,8,13,15H,2-5,7,9-12H2,1H3. The first-order valence-electron chi connectivity index (χ1n) is 7.10. The third-order valence-corrected chi connectivity index (χ3v) is 3.82. The van der Waals surface area contributed by atoms with Crippen LogP contribution in [0.1, 0.15) is 37.8 Å². The van der Waals surface area contributed by atoms with Crippen molar-refractivity contribution >= 4 is 0 Å². The summed E-state index contributed by atoms with van der Waals surface area (Å²) in [6.45, 7) is 3.60. The van der Waals surface area contributed by atoms with Crippen molar-refractivity contribution in [3.63, 3.8) is 0 Å². The third-order valence-electron chi connectivity index (χ3n) is 3.82. The van der Waals surface area contributed by atoms with Crippen molar-refractivity contribution in [2.75, 3.05) is 20.3 Å². The largest absolute Gasteiger partial charge is 0.383 e. The molecule has 1 heterocycles. The zero-order valence-electron chi connectivity index (χ0n) is 11.4. The van der Waals surface area contributed by atoms with E-state index >= 15 is 0 Å². The zero-order chi connectivity index (χ0) is 12.6. The summed E-state index contributed by atoms with van der Waals surface area (Å²) in [5.41, 5.74) is 1.28. The van der Waals surface area contributed by atoms with Crippen LogP contribution < -0.4 is 5.32 Å². The van der Waals surface area contributed by atoms with Gasteiger partial charge >= 0.3 is 0 Å². The molecule has 1 aromatic rings. The highest BCUT2D eigenvalue weighted by Gasteiger charge is 2.15. The highest BCUT2D eigenvalue weighted by Crippen LogP contribution is 2.27. The van der Waals surface area contributed by atoms with E-state index in [1.165, 1.54) is 37.8 Å². The van der Waals surface area contributed by atoms with Gasteiger partial charge in [-0.25, -0.2) is 0 Å². The molecule has 0 unspecified atom stereocenters. The van der Waals surface area contributed by atoms with E-state index in [0.29, 0.717) is 0 Å². The predicted octanol–water partition coefficient (Wildman–Crippen LogP) is 2.20. The van der Waals surface area contributed by atoms with Crippen molar-refractivity contribution in [2.24, 2.45) is 5.92 Å². The molecular weight excluding hydrogens is 226 g/mol. The molecule has 0 amide bonds. The van der Waals surface area contributed by atoms with Gasteiger partial charge in [0.25, 0.3) is 0 Å². The van der Waals surface area contributed by atoms with Crippen LogP contribution in [-0.2, 0) is 17.8 Å². The van der Waals surface area contributed by atoms with Crippen LogP contribution >= 0.6 is 0 Å². The summed E-state index contributed by atoms with van der Waals surface area (Å²) in [5, 5.41) is 7.79. The van der Waals surface area contributed by atoms with Crippen molar-refractivity contribution in [3.8, 4) is 0 Å². The molecule has 1 aliphatic carbocycles. The smallest absolute Gasteiger partial charge is 0.0587 e. The molecule has 0 bridgehead atoms. The molecule has 0 aliphatic heterocycles. The van der Waals surface area contributed by atoms with E-state index < -0.39 is 0 Å². The number of aryl methyl sites for hydroxylation is 1. The van der Waals surface area contributed by atoms with Gasteiger partial charge in [-0.3, -0.25) is 4.68 Å². The van der Waals surface area contributed by atoms with Crippen LogP contribution in [-0.4, -0.2) is 30.0 Å². The molecule has 102 valence electrons. The second kappa shape index (κ2) is 7.54. The first kappa shape index (κ1) is 13.6. The number of rotatable bonds is 8. The highest BCUT2D eigenvalue weighted by molar-refractivity contribution is 5.00. The van der Waals surface area contributed by atoms with E-state index in [1.54, 1.807) is 7.11 Å². The molecule has 4 heteroatoms. The van der Waals surface area contributed by atoms with Crippen molar-refractivity contribution in [2.45, 2.75) is 45.2 Å². The van der Waals surface area contributed by atoms with Gasteiger partial charge in [0.1, 0.15) is 0 Å². The molecule has 1 fully saturated rings. The summed E-state index contributed by atoms with van der Waals surface area (Å²) in [4.78, 5) is 0. The van der Waals surface area contributed by atoms with E-state index in [-0.39, 0.29) is 0 Å². The minimum absolute atomic E-state index is 0.760. The van der Waals surface area contributed by atoms with E-state index in [4.69, 9.17) is 4.74 Å². The number of nitrogens with zero attached hydrogens (tertiary/aromatic N) is 2. The maximum Gasteiger partial charge on any atom is 0.0587 e. The Hall–Kier alpha value is -0.870. The van der Waals surface area contributed by atoms with Crippen molar-refractivity contribution in [1.82, 2.24) is 15.1 Å². The fraction of sp³-hybridized carbons (Fsp3) is 0.786. The normalized spacial score (nSPS) is 16.5. The maximum absolute atomic E-state index is 5.02. The van der Waals surface area contributed by atoms with Crippen molar-refractivity contribution in [3.05, 3.63) is 18.0 Å². The fourth-order valence-corrected chi connectivity index (χ4v) is 2.71. The monoisotopic (exact) mass is 251 g/mol. The molecule has 1 N–H and O–H groups in total. The van der Waals surface area contributed by atoms with Gasteiger partial charge in [-0.15, -0.1) is 0 Å².